The van der Waals surface area contributed by atoms with Gasteiger partial charge in [0.1, 0.15) is 0 Å². The molecule has 1 unspecified atom stereocenters. The molecule has 0 saturated carbocycles. The Labute approximate surface area is 111 Å². The van der Waals surface area contributed by atoms with Crippen molar-refractivity contribution in [1.82, 2.24) is 5.32 Å². The van der Waals surface area contributed by atoms with Gasteiger partial charge in [-0.25, -0.2) is 0 Å². The van der Waals surface area contributed by atoms with Gasteiger partial charge in [0, 0.05) is 17.6 Å². The molecule has 0 aliphatic rings. The molecule has 0 aliphatic heterocycles. The van der Waals surface area contributed by atoms with Crippen LogP contribution >= 0.6 is 15.9 Å². The van der Waals surface area contributed by atoms with Crippen LogP contribution in [0.2, 0.25) is 0 Å². The highest BCUT2D eigenvalue weighted by Gasteiger charge is 2.06. The van der Waals surface area contributed by atoms with Crippen molar-refractivity contribution in [3.63, 3.8) is 0 Å². The summed E-state index contributed by atoms with van der Waals surface area (Å²) >= 11 is 3.39. The maximum atomic E-state index is 9.93. The molecule has 0 spiro atoms. The minimum Gasteiger partial charge on any atom is -0.387 e. The van der Waals surface area contributed by atoms with Gasteiger partial charge in [-0.05, 0) is 31.5 Å². The Morgan fingerprint density at radius 2 is 2.18 bits per heavy atom. The maximum absolute atomic E-state index is 9.93. The normalized spacial score (nSPS) is 13.0. The van der Waals surface area contributed by atoms with Crippen LogP contribution in [0.5, 0.6) is 0 Å². The number of halogens is 1. The Kier molecular flexibility index (Phi) is 6.73. The molecule has 0 amide bonds. The second-order valence-electron chi connectivity index (χ2n) is 4.19. The molecular weight excluding hydrogens is 282 g/mol. The highest BCUT2D eigenvalue weighted by atomic mass is 79.9. The largest absolute Gasteiger partial charge is 0.387 e. The average molecular weight is 302 g/mol. The summed E-state index contributed by atoms with van der Waals surface area (Å²) in [6.07, 6.45) is -0.224. The molecule has 0 saturated heterocycles. The minimum atomic E-state index is -0.480. The maximum Gasteiger partial charge on any atom is 0.0914 e. The first kappa shape index (κ1) is 14.6. The standard InChI is InChI=1S/C13H20BrNO2/c1-10(2)17-7-6-15-9-13(16)11-4-3-5-12(14)8-11/h3-5,8,10,13,15-16H,6-7,9H2,1-2H3. The Morgan fingerprint density at radius 3 is 2.82 bits per heavy atom. The topological polar surface area (TPSA) is 41.5 Å². The molecule has 1 atom stereocenters. The van der Waals surface area contributed by atoms with Crippen molar-refractivity contribution in [3.05, 3.63) is 34.3 Å². The molecule has 0 fully saturated rings. The lowest BCUT2D eigenvalue weighted by Crippen LogP contribution is -2.26. The zero-order valence-corrected chi connectivity index (χ0v) is 11.9. The Hall–Kier alpha value is -0.420. The smallest absolute Gasteiger partial charge is 0.0914 e. The molecule has 2 N–H and O–H groups in total. The third-order valence-electron chi connectivity index (χ3n) is 2.30. The van der Waals surface area contributed by atoms with Gasteiger partial charge in [-0.15, -0.1) is 0 Å². The van der Waals surface area contributed by atoms with Gasteiger partial charge in [0.15, 0.2) is 0 Å². The van der Waals surface area contributed by atoms with Gasteiger partial charge in [-0.1, -0.05) is 28.1 Å². The van der Waals surface area contributed by atoms with Gasteiger partial charge in [-0.3, -0.25) is 0 Å². The van der Waals surface area contributed by atoms with Crippen molar-refractivity contribution in [1.29, 1.82) is 0 Å². The fourth-order valence-corrected chi connectivity index (χ4v) is 1.85. The number of nitrogens with one attached hydrogen (secondary N) is 1. The molecule has 0 heterocycles. The lowest BCUT2D eigenvalue weighted by atomic mass is 10.1. The number of hydrogen-bond donors (Lipinski definition) is 2. The van der Waals surface area contributed by atoms with Crippen LogP contribution < -0.4 is 5.32 Å². The van der Waals surface area contributed by atoms with Gasteiger partial charge in [0.05, 0.1) is 18.8 Å². The van der Waals surface area contributed by atoms with Crippen LogP contribution in [0.1, 0.15) is 25.5 Å². The van der Waals surface area contributed by atoms with Crippen molar-refractivity contribution in [3.8, 4) is 0 Å². The first-order chi connectivity index (χ1) is 8.09. The second kappa shape index (κ2) is 7.82. The summed E-state index contributed by atoms with van der Waals surface area (Å²) in [5.41, 5.74) is 0.914. The predicted octanol–water partition coefficient (Wildman–Crippen LogP) is 2.50. The minimum absolute atomic E-state index is 0.256. The molecule has 3 nitrogen and oxygen atoms in total. The van der Waals surface area contributed by atoms with Crippen molar-refractivity contribution in [2.45, 2.75) is 26.1 Å². The Bertz CT molecular complexity index is 331. The van der Waals surface area contributed by atoms with Crippen molar-refractivity contribution >= 4 is 15.9 Å². The van der Waals surface area contributed by atoms with E-state index in [0.29, 0.717) is 13.2 Å². The number of benzene rings is 1. The molecule has 0 radical (unpaired) electrons. The van der Waals surface area contributed by atoms with Crippen LogP contribution in [0.4, 0.5) is 0 Å². The zero-order chi connectivity index (χ0) is 12.7. The zero-order valence-electron chi connectivity index (χ0n) is 10.3. The van der Waals surface area contributed by atoms with Crippen LogP contribution in [0, 0.1) is 0 Å². The lowest BCUT2D eigenvalue weighted by Gasteiger charge is -2.13. The number of rotatable bonds is 7. The molecule has 4 heteroatoms. The van der Waals surface area contributed by atoms with Crippen molar-refractivity contribution < 1.29 is 9.84 Å². The van der Waals surface area contributed by atoms with E-state index < -0.39 is 6.10 Å². The van der Waals surface area contributed by atoms with E-state index >= 15 is 0 Å². The van der Waals surface area contributed by atoms with E-state index in [1.807, 2.05) is 38.1 Å². The van der Waals surface area contributed by atoms with Crippen LogP contribution in [0.3, 0.4) is 0 Å². The average Bonchev–Trinajstić information content (AvgIpc) is 2.28. The third kappa shape index (κ3) is 6.17. The summed E-state index contributed by atoms with van der Waals surface area (Å²) in [4.78, 5) is 0. The second-order valence-corrected chi connectivity index (χ2v) is 5.11. The van der Waals surface area contributed by atoms with Gasteiger partial charge in [0.25, 0.3) is 0 Å². The molecule has 1 rings (SSSR count). The Morgan fingerprint density at radius 1 is 1.41 bits per heavy atom. The van der Waals surface area contributed by atoms with Gasteiger partial charge < -0.3 is 15.2 Å². The number of aliphatic hydroxyl groups excluding tert-OH is 1. The van der Waals surface area contributed by atoms with Crippen molar-refractivity contribution in [2.75, 3.05) is 19.7 Å². The van der Waals surface area contributed by atoms with E-state index in [2.05, 4.69) is 21.2 Å². The monoisotopic (exact) mass is 301 g/mol. The quantitative estimate of drug-likeness (QED) is 0.760. The third-order valence-corrected chi connectivity index (χ3v) is 2.79. The molecule has 0 aliphatic carbocycles. The summed E-state index contributed by atoms with van der Waals surface area (Å²) < 4.78 is 6.38. The van der Waals surface area contributed by atoms with Crippen LogP contribution in [0.15, 0.2) is 28.7 Å². The molecular formula is C13H20BrNO2. The van der Waals surface area contributed by atoms with Crippen LogP contribution in [0.25, 0.3) is 0 Å². The summed E-state index contributed by atoms with van der Waals surface area (Å²) in [5, 5.41) is 13.1. The van der Waals surface area contributed by atoms with Gasteiger partial charge in [0.2, 0.25) is 0 Å². The van der Waals surface area contributed by atoms with Crippen LogP contribution in [-0.4, -0.2) is 30.9 Å². The first-order valence-electron chi connectivity index (χ1n) is 5.85. The van der Waals surface area contributed by atoms with Gasteiger partial charge in [-0.2, -0.15) is 0 Å². The highest BCUT2D eigenvalue weighted by Crippen LogP contribution is 2.17. The molecule has 1 aromatic carbocycles. The van der Waals surface area contributed by atoms with Gasteiger partial charge >= 0.3 is 0 Å². The van der Waals surface area contributed by atoms with Crippen LogP contribution in [-0.2, 0) is 4.74 Å². The van der Waals surface area contributed by atoms with E-state index in [4.69, 9.17) is 4.74 Å². The summed E-state index contributed by atoms with van der Waals surface area (Å²) in [5.74, 6) is 0. The fraction of sp³-hybridized carbons (Fsp3) is 0.538. The molecule has 0 aromatic heterocycles. The van der Waals surface area contributed by atoms with Crippen molar-refractivity contribution in [2.24, 2.45) is 0 Å². The number of hydrogen-bond acceptors (Lipinski definition) is 3. The lowest BCUT2D eigenvalue weighted by molar-refractivity contribution is 0.0781. The summed E-state index contributed by atoms with van der Waals surface area (Å²) in [6.45, 7) is 5.98. The number of ether oxygens (including phenoxy) is 1. The molecule has 1 aromatic rings. The fourth-order valence-electron chi connectivity index (χ4n) is 1.44. The van der Waals surface area contributed by atoms with E-state index in [-0.39, 0.29) is 6.10 Å². The SMILES string of the molecule is CC(C)OCCNCC(O)c1cccc(Br)c1. The molecule has 0 bridgehead atoms. The predicted molar refractivity (Wildman–Crippen MR) is 73.1 cm³/mol. The van der Waals surface area contributed by atoms with E-state index in [9.17, 15) is 5.11 Å². The molecule has 96 valence electrons. The summed E-state index contributed by atoms with van der Waals surface area (Å²) in [7, 11) is 0. The summed E-state index contributed by atoms with van der Waals surface area (Å²) in [6, 6.07) is 7.71. The first-order valence-corrected chi connectivity index (χ1v) is 6.64. The van der Waals surface area contributed by atoms with E-state index in [0.717, 1.165) is 16.6 Å². The van der Waals surface area contributed by atoms with E-state index in [1.165, 1.54) is 0 Å². The number of aliphatic hydroxyl groups is 1. The Balaban J connectivity index is 2.23. The molecule has 17 heavy (non-hydrogen) atoms. The highest BCUT2D eigenvalue weighted by molar-refractivity contribution is 9.10. The van der Waals surface area contributed by atoms with E-state index in [1.54, 1.807) is 0 Å².